The van der Waals surface area contributed by atoms with Gasteiger partial charge in [0, 0.05) is 5.56 Å². The second kappa shape index (κ2) is 4.60. The van der Waals surface area contributed by atoms with Gasteiger partial charge in [0.05, 0.1) is 0 Å². The van der Waals surface area contributed by atoms with Gasteiger partial charge < -0.3 is 9.84 Å². The van der Waals surface area contributed by atoms with Gasteiger partial charge in [-0.15, -0.1) is 13.2 Å². The van der Waals surface area contributed by atoms with Gasteiger partial charge >= 0.3 is 6.36 Å². The number of aromatic hydroxyl groups is 1. The van der Waals surface area contributed by atoms with Crippen LogP contribution in [0.2, 0.25) is 0 Å². The summed E-state index contributed by atoms with van der Waals surface area (Å²) < 4.78 is 40.7. The van der Waals surface area contributed by atoms with E-state index in [1.165, 1.54) is 42.5 Å². The molecule has 0 aliphatic heterocycles. The number of halogens is 3. The molecule has 2 aromatic carbocycles. The number of phenolic OH excluding ortho intramolecular Hbond substituents is 1. The summed E-state index contributed by atoms with van der Waals surface area (Å²) in [7, 11) is 0. The third-order valence-corrected chi connectivity index (χ3v) is 2.29. The van der Waals surface area contributed by atoms with Gasteiger partial charge in [-0.1, -0.05) is 30.3 Å². The normalized spacial score (nSPS) is 11.3. The zero-order valence-electron chi connectivity index (χ0n) is 9.11. The van der Waals surface area contributed by atoms with Crippen LogP contribution in [0.1, 0.15) is 0 Å². The Labute approximate surface area is 101 Å². The minimum absolute atomic E-state index is 0.0490. The highest BCUT2D eigenvalue weighted by Crippen LogP contribution is 2.34. The third-order valence-electron chi connectivity index (χ3n) is 2.29. The van der Waals surface area contributed by atoms with E-state index in [-0.39, 0.29) is 11.5 Å². The van der Waals surface area contributed by atoms with Crippen molar-refractivity contribution in [2.24, 2.45) is 0 Å². The molecule has 0 amide bonds. The standard InChI is InChI=1S/C13H9F3O2/c14-13(15,16)18-12-4-2-1-3-11(12)9-5-7-10(17)8-6-9/h1-8,17H. The summed E-state index contributed by atoms with van der Waals surface area (Å²) in [5.74, 6) is -0.219. The van der Waals surface area contributed by atoms with Crippen molar-refractivity contribution >= 4 is 0 Å². The highest BCUT2D eigenvalue weighted by atomic mass is 19.4. The minimum atomic E-state index is -4.73. The van der Waals surface area contributed by atoms with Crippen LogP contribution in [0.25, 0.3) is 11.1 Å². The molecule has 0 aliphatic carbocycles. The summed E-state index contributed by atoms with van der Waals surface area (Å²) >= 11 is 0. The smallest absolute Gasteiger partial charge is 0.508 e. The first kappa shape index (κ1) is 12.3. The Kier molecular flexibility index (Phi) is 3.14. The van der Waals surface area contributed by atoms with Gasteiger partial charge in [-0.2, -0.15) is 0 Å². The molecular weight excluding hydrogens is 245 g/mol. The predicted octanol–water partition coefficient (Wildman–Crippen LogP) is 3.96. The van der Waals surface area contributed by atoms with E-state index in [0.29, 0.717) is 11.1 Å². The van der Waals surface area contributed by atoms with E-state index in [1.54, 1.807) is 6.07 Å². The summed E-state index contributed by atoms with van der Waals surface area (Å²) in [6.45, 7) is 0. The Morgan fingerprint density at radius 3 is 2.11 bits per heavy atom. The van der Waals surface area contributed by atoms with E-state index in [9.17, 15) is 13.2 Å². The highest BCUT2D eigenvalue weighted by Gasteiger charge is 2.32. The predicted molar refractivity (Wildman–Crippen MR) is 60.2 cm³/mol. The molecule has 2 nitrogen and oxygen atoms in total. The first-order valence-electron chi connectivity index (χ1n) is 5.10. The average Bonchev–Trinajstić information content (AvgIpc) is 2.29. The number of benzene rings is 2. The van der Waals surface area contributed by atoms with E-state index in [2.05, 4.69) is 4.74 Å². The summed E-state index contributed by atoms with van der Waals surface area (Å²) in [6.07, 6.45) is -4.73. The molecule has 1 N–H and O–H groups in total. The van der Waals surface area contributed by atoms with Crippen molar-refractivity contribution in [3.05, 3.63) is 48.5 Å². The maximum absolute atomic E-state index is 12.2. The molecular formula is C13H9F3O2. The largest absolute Gasteiger partial charge is 0.573 e. The molecule has 94 valence electrons. The fourth-order valence-corrected chi connectivity index (χ4v) is 1.56. The van der Waals surface area contributed by atoms with Gasteiger partial charge in [-0.25, -0.2) is 0 Å². The van der Waals surface area contributed by atoms with Crippen molar-refractivity contribution in [1.29, 1.82) is 0 Å². The van der Waals surface area contributed by atoms with Gasteiger partial charge in [0.25, 0.3) is 0 Å². The van der Waals surface area contributed by atoms with Crippen molar-refractivity contribution in [1.82, 2.24) is 0 Å². The van der Waals surface area contributed by atoms with Gasteiger partial charge in [-0.3, -0.25) is 0 Å². The van der Waals surface area contributed by atoms with Crippen molar-refractivity contribution < 1.29 is 23.0 Å². The molecule has 0 bridgehead atoms. The van der Waals surface area contributed by atoms with Gasteiger partial charge in [0.15, 0.2) is 0 Å². The van der Waals surface area contributed by atoms with Crippen LogP contribution < -0.4 is 4.74 Å². The Morgan fingerprint density at radius 1 is 0.889 bits per heavy atom. The molecule has 0 saturated carbocycles. The van der Waals surface area contributed by atoms with Crippen molar-refractivity contribution in [3.8, 4) is 22.6 Å². The first-order valence-corrected chi connectivity index (χ1v) is 5.10. The third kappa shape index (κ3) is 2.94. The number of phenols is 1. The lowest BCUT2D eigenvalue weighted by Gasteiger charge is -2.13. The zero-order valence-corrected chi connectivity index (χ0v) is 9.11. The Bertz CT molecular complexity index is 533. The summed E-state index contributed by atoms with van der Waals surface area (Å²) in [6, 6.07) is 11.7. The number of rotatable bonds is 2. The number of ether oxygens (including phenoxy) is 1. The highest BCUT2D eigenvalue weighted by molar-refractivity contribution is 5.70. The SMILES string of the molecule is Oc1ccc(-c2ccccc2OC(F)(F)F)cc1. The van der Waals surface area contributed by atoms with Crippen LogP contribution in [-0.4, -0.2) is 11.5 Å². The van der Waals surface area contributed by atoms with Crippen LogP contribution in [0.3, 0.4) is 0 Å². The van der Waals surface area contributed by atoms with E-state index in [1.807, 2.05) is 0 Å². The van der Waals surface area contributed by atoms with E-state index < -0.39 is 6.36 Å². The summed E-state index contributed by atoms with van der Waals surface area (Å²) in [5.41, 5.74) is 0.850. The molecule has 0 unspecified atom stereocenters. The van der Waals surface area contributed by atoms with Crippen LogP contribution in [0, 0.1) is 0 Å². The lowest BCUT2D eigenvalue weighted by Crippen LogP contribution is -2.17. The molecule has 5 heteroatoms. The van der Waals surface area contributed by atoms with E-state index in [0.717, 1.165) is 0 Å². The molecule has 0 fully saturated rings. The fourth-order valence-electron chi connectivity index (χ4n) is 1.56. The van der Waals surface area contributed by atoms with Crippen LogP contribution >= 0.6 is 0 Å². The minimum Gasteiger partial charge on any atom is -0.508 e. The molecule has 0 heterocycles. The lowest BCUT2D eigenvalue weighted by molar-refractivity contribution is -0.274. The molecule has 18 heavy (non-hydrogen) atoms. The molecule has 0 aliphatic rings. The quantitative estimate of drug-likeness (QED) is 0.879. The molecule has 0 aromatic heterocycles. The van der Waals surface area contributed by atoms with Crippen LogP contribution in [0.4, 0.5) is 13.2 Å². The van der Waals surface area contributed by atoms with Crippen molar-refractivity contribution in [3.63, 3.8) is 0 Å². The van der Waals surface area contributed by atoms with Gasteiger partial charge in [0.1, 0.15) is 11.5 Å². The number of para-hydroxylation sites is 1. The number of alkyl halides is 3. The Morgan fingerprint density at radius 2 is 1.50 bits per heavy atom. The molecule has 2 aromatic rings. The van der Waals surface area contributed by atoms with E-state index in [4.69, 9.17) is 5.11 Å². The van der Waals surface area contributed by atoms with Crippen molar-refractivity contribution in [2.45, 2.75) is 6.36 Å². The summed E-state index contributed by atoms with van der Waals surface area (Å²) in [5, 5.41) is 9.15. The van der Waals surface area contributed by atoms with Gasteiger partial charge in [-0.05, 0) is 23.8 Å². The maximum Gasteiger partial charge on any atom is 0.573 e. The molecule has 0 saturated heterocycles. The number of hydrogen-bond acceptors (Lipinski definition) is 2. The molecule has 0 spiro atoms. The maximum atomic E-state index is 12.2. The zero-order chi connectivity index (χ0) is 13.2. The van der Waals surface area contributed by atoms with Crippen LogP contribution in [-0.2, 0) is 0 Å². The van der Waals surface area contributed by atoms with E-state index >= 15 is 0 Å². The summed E-state index contributed by atoms with van der Waals surface area (Å²) in [4.78, 5) is 0. The van der Waals surface area contributed by atoms with Crippen molar-refractivity contribution in [2.75, 3.05) is 0 Å². The first-order chi connectivity index (χ1) is 8.46. The fraction of sp³-hybridized carbons (Fsp3) is 0.0769. The average molecular weight is 254 g/mol. The topological polar surface area (TPSA) is 29.5 Å². The molecule has 0 atom stereocenters. The van der Waals surface area contributed by atoms with Crippen LogP contribution in [0.15, 0.2) is 48.5 Å². The molecule has 0 radical (unpaired) electrons. The number of hydrogen-bond donors (Lipinski definition) is 1. The molecule has 2 rings (SSSR count). The Hall–Kier alpha value is -2.17. The monoisotopic (exact) mass is 254 g/mol. The van der Waals surface area contributed by atoms with Gasteiger partial charge in [0.2, 0.25) is 0 Å². The second-order valence-electron chi connectivity index (χ2n) is 3.59. The van der Waals surface area contributed by atoms with Crippen LogP contribution in [0.5, 0.6) is 11.5 Å². The Balaban J connectivity index is 2.41. The lowest BCUT2D eigenvalue weighted by atomic mass is 10.0. The second-order valence-corrected chi connectivity index (χ2v) is 3.59.